The molecule has 0 spiro atoms. The van der Waals surface area contributed by atoms with E-state index in [-0.39, 0.29) is 11.6 Å². The van der Waals surface area contributed by atoms with Crippen molar-refractivity contribution >= 4 is 34.1 Å². The lowest BCUT2D eigenvalue weighted by Gasteiger charge is -2.19. The van der Waals surface area contributed by atoms with Gasteiger partial charge >= 0.3 is 0 Å². The first-order chi connectivity index (χ1) is 14.8. The van der Waals surface area contributed by atoms with Gasteiger partial charge in [-0.25, -0.2) is 9.97 Å². The molecule has 0 saturated carbocycles. The number of rotatable bonds is 4. The number of hydrogen-bond acceptors (Lipinski definition) is 7. The second-order valence-electron chi connectivity index (χ2n) is 6.58. The highest BCUT2D eigenvalue weighted by Crippen LogP contribution is 2.32. The molecule has 2 aromatic carbocycles. The number of amides is 1. The minimum absolute atomic E-state index is 0.232. The highest BCUT2D eigenvalue weighted by atomic mass is 16.6. The van der Waals surface area contributed by atoms with Gasteiger partial charge in [0.05, 0.1) is 11.2 Å². The molecule has 1 aliphatic rings. The summed E-state index contributed by atoms with van der Waals surface area (Å²) in [6, 6.07) is 16.5. The summed E-state index contributed by atoms with van der Waals surface area (Å²) < 4.78 is 11.1. The molecule has 30 heavy (non-hydrogen) atoms. The van der Waals surface area contributed by atoms with E-state index in [1.807, 2.05) is 30.3 Å². The molecule has 0 atom stereocenters. The van der Waals surface area contributed by atoms with E-state index in [2.05, 4.69) is 25.6 Å². The van der Waals surface area contributed by atoms with Crippen LogP contribution in [0.1, 0.15) is 10.5 Å². The maximum Gasteiger partial charge on any atom is 0.274 e. The Hall–Kier alpha value is -4.20. The van der Waals surface area contributed by atoms with Gasteiger partial charge in [0.15, 0.2) is 11.5 Å². The molecule has 2 aromatic heterocycles. The second kappa shape index (κ2) is 7.67. The molecular formula is C22H17N5O3. The van der Waals surface area contributed by atoms with Crippen molar-refractivity contribution in [1.82, 2.24) is 15.0 Å². The summed E-state index contributed by atoms with van der Waals surface area (Å²) in [6.45, 7) is 0.996. The first-order valence-corrected chi connectivity index (χ1v) is 9.41. The summed E-state index contributed by atoms with van der Waals surface area (Å²) in [6.07, 6.45) is 3.26. The van der Waals surface area contributed by atoms with Crippen LogP contribution in [-0.4, -0.2) is 34.1 Å². The van der Waals surface area contributed by atoms with Crippen LogP contribution in [0, 0.1) is 0 Å². The van der Waals surface area contributed by atoms with E-state index in [1.165, 1.54) is 6.20 Å². The van der Waals surface area contributed by atoms with Gasteiger partial charge in [0, 0.05) is 29.5 Å². The number of nitrogens with zero attached hydrogens (tertiary/aromatic N) is 3. The summed E-state index contributed by atoms with van der Waals surface area (Å²) in [5.41, 5.74) is 2.39. The Bertz CT molecular complexity index is 1240. The maximum absolute atomic E-state index is 12.7. The molecule has 2 N–H and O–H groups in total. The molecule has 0 unspecified atom stereocenters. The van der Waals surface area contributed by atoms with Crippen LogP contribution in [0.3, 0.4) is 0 Å². The van der Waals surface area contributed by atoms with Gasteiger partial charge in [-0.05, 0) is 30.3 Å². The molecule has 0 radical (unpaired) electrons. The van der Waals surface area contributed by atoms with Crippen LogP contribution < -0.4 is 20.1 Å². The lowest BCUT2D eigenvalue weighted by molar-refractivity contribution is 0.102. The third kappa shape index (κ3) is 3.58. The number of carbonyl (C=O) groups is 1. The fraction of sp³-hybridized carbons (Fsp3) is 0.0909. The van der Waals surface area contributed by atoms with E-state index in [0.717, 1.165) is 16.6 Å². The van der Waals surface area contributed by atoms with Crippen LogP contribution in [0.15, 0.2) is 67.0 Å². The van der Waals surface area contributed by atoms with Crippen molar-refractivity contribution in [2.75, 3.05) is 23.8 Å². The van der Waals surface area contributed by atoms with Crippen LogP contribution in [0.2, 0.25) is 0 Å². The van der Waals surface area contributed by atoms with Crippen LogP contribution in [0.25, 0.3) is 10.9 Å². The van der Waals surface area contributed by atoms with E-state index in [4.69, 9.17) is 9.47 Å². The molecule has 5 rings (SSSR count). The molecule has 8 heteroatoms. The molecule has 3 heterocycles. The molecule has 8 nitrogen and oxygen atoms in total. The summed E-state index contributed by atoms with van der Waals surface area (Å²) in [5, 5.41) is 6.97. The SMILES string of the molecule is O=C(Nc1ccc2c(c1)OCCO2)c1ccnc(Nc2cccc3cccnc23)n1. The van der Waals surface area contributed by atoms with Gasteiger partial charge in [-0.2, -0.15) is 0 Å². The van der Waals surface area contributed by atoms with Crippen molar-refractivity contribution in [2.45, 2.75) is 0 Å². The van der Waals surface area contributed by atoms with Gasteiger partial charge in [0.2, 0.25) is 5.95 Å². The normalized spacial score (nSPS) is 12.4. The highest BCUT2D eigenvalue weighted by molar-refractivity contribution is 6.03. The Balaban J connectivity index is 1.36. The monoisotopic (exact) mass is 399 g/mol. The molecular weight excluding hydrogens is 382 g/mol. The van der Waals surface area contributed by atoms with E-state index in [0.29, 0.717) is 36.3 Å². The number of nitrogens with one attached hydrogen (secondary N) is 2. The molecule has 1 aliphatic heterocycles. The summed E-state index contributed by atoms with van der Waals surface area (Å²) in [7, 11) is 0. The van der Waals surface area contributed by atoms with Gasteiger partial charge < -0.3 is 20.1 Å². The number of pyridine rings is 1. The largest absolute Gasteiger partial charge is 0.486 e. The summed E-state index contributed by atoms with van der Waals surface area (Å²) in [4.78, 5) is 25.7. The molecule has 0 saturated heterocycles. The minimum atomic E-state index is -0.354. The van der Waals surface area contributed by atoms with Gasteiger partial charge in [-0.15, -0.1) is 0 Å². The Kier molecular flexibility index (Phi) is 4.57. The average Bonchev–Trinajstić information content (AvgIpc) is 2.79. The third-order valence-corrected chi connectivity index (χ3v) is 4.57. The first kappa shape index (κ1) is 17.9. The van der Waals surface area contributed by atoms with Gasteiger partial charge in [-0.3, -0.25) is 9.78 Å². The minimum Gasteiger partial charge on any atom is -0.486 e. The Labute approximate surface area is 171 Å². The van der Waals surface area contributed by atoms with Crippen molar-refractivity contribution in [3.63, 3.8) is 0 Å². The Morgan fingerprint density at radius 2 is 1.77 bits per heavy atom. The zero-order chi connectivity index (χ0) is 20.3. The van der Waals surface area contributed by atoms with Crippen molar-refractivity contribution in [3.05, 3.63) is 72.7 Å². The Morgan fingerprint density at radius 1 is 0.900 bits per heavy atom. The number of benzene rings is 2. The molecule has 4 aromatic rings. The smallest absolute Gasteiger partial charge is 0.274 e. The number of hydrogen-bond donors (Lipinski definition) is 2. The van der Waals surface area contributed by atoms with Crippen molar-refractivity contribution in [1.29, 1.82) is 0 Å². The standard InChI is InChI=1S/C22H17N5O3/c28-21(25-15-6-7-18-19(13-15)30-12-11-29-18)17-8-10-24-22(27-17)26-16-5-1-3-14-4-2-9-23-20(14)16/h1-10,13H,11-12H2,(H,25,28)(H,24,26,27). The van der Waals surface area contributed by atoms with Gasteiger partial charge in [0.25, 0.3) is 5.91 Å². The molecule has 0 bridgehead atoms. The molecule has 0 fully saturated rings. The summed E-state index contributed by atoms with van der Waals surface area (Å²) in [5.74, 6) is 1.22. The van der Waals surface area contributed by atoms with Crippen molar-refractivity contribution < 1.29 is 14.3 Å². The second-order valence-corrected chi connectivity index (χ2v) is 6.58. The topological polar surface area (TPSA) is 98.3 Å². The van der Waals surface area contributed by atoms with Gasteiger partial charge in [0.1, 0.15) is 18.9 Å². The van der Waals surface area contributed by atoms with E-state index in [9.17, 15) is 4.79 Å². The maximum atomic E-state index is 12.7. The molecule has 1 amide bonds. The third-order valence-electron chi connectivity index (χ3n) is 4.57. The van der Waals surface area contributed by atoms with Crippen LogP contribution in [-0.2, 0) is 0 Å². The zero-order valence-corrected chi connectivity index (χ0v) is 15.8. The average molecular weight is 399 g/mol. The number of aromatic nitrogens is 3. The van der Waals surface area contributed by atoms with E-state index < -0.39 is 0 Å². The molecule has 148 valence electrons. The van der Waals surface area contributed by atoms with Gasteiger partial charge in [-0.1, -0.05) is 18.2 Å². The highest BCUT2D eigenvalue weighted by Gasteiger charge is 2.15. The number of para-hydroxylation sites is 1. The predicted molar refractivity (Wildman–Crippen MR) is 112 cm³/mol. The van der Waals surface area contributed by atoms with E-state index in [1.54, 1.807) is 30.5 Å². The number of ether oxygens (including phenoxy) is 2. The van der Waals surface area contributed by atoms with Crippen LogP contribution in [0.5, 0.6) is 11.5 Å². The fourth-order valence-electron chi connectivity index (χ4n) is 3.19. The quantitative estimate of drug-likeness (QED) is 0.539. The number of anilines is 3. The van der Waals surface area contributed by atoms with Crippen molar-refractivity contribution in [2.24, 2.45) is 0 Å². The lowest BCUT2D eigenvalue weighted by atomic mass is 10.2. The summed E-state index contributed by atoms with van der Waals surface area (Å²) >= 11 is 0. The predicted octanol–water partition coefficient (Wildman–Crippen LogP) is 3.79. The fourth-order valence-corrected chi connectivity index (χ4v) is 3.19. The molecule has 0 aliphatic carbocycles. The Morgan fingerprint density at radius 3 is 2.70 bits per heavy atom. The number of carbonyl (C=O) groups excluding carboxylic acids is 1. The van der Waals surface area contributed by atoms with Crippen molar-refractivity contribution in [3.8, 4) is 11.5 Å². The zero-order valence-electron chi connectivity index (χ0n) is 15.8. The van der Waals surface area contributed by atoms with Crippen LogP contribution in [0.4, 0.5) is 17.3 Å². The van der Waals surface area contributed by atoms with E-state index >= 15 is 0 Å². The first-order valence-electron chi connectivity index (χ1n) is 9.41. The van der Waals surface area contributed by atoms with Crippen LogP contribution >= 0.6 is 0 Å². The lowest BCUT2D eigenvalue weighted by Crippen LogP contribution is -2.17. The number of fused-ring (bicyclic) bond motifs is 2.